The van der Waals surface area contributed by atoms with Gasteiger partial charge < -0.3 is 14.4 Å². The summed E-state index contributed by atoms with van der Waals surface area (Å²) in [4.78, 5) is 17.2. The maximum atomic E-state index is 13.1. The summed E-state index contributed by atoms with van der Waals surface area (Å²) in [5.41, 5.74) is 4.19. The summed E-state index contributed by atoms with van der Waals surface area (Å²) in [5, 5.41) is 0. The molecular formula is C24H26N2O5S. The Morgan fingerprint density at radius 1 is 1.16 bits per heavy atom. The van der Waals surface area contributed by atoms with E-state index >= 15 is 0 Å². The lowest BCUT2D eigenvalue weighted by atomic mass is 9.99. The average molecular weight is 455 g/mol. The molecule has 3 aliphatic rings. The fourth-order valence-corrected chi connectivity index (χ4v) is 6.35. The number of sulfone groups is 1. The predicted molar refractivity (Wildman–Crippen MR) is 123 cm³/mol. The van der Waals surface area contributed by atoms with Crippen LogP contribution in [0, 0.1) is 6.92 Å². The van der Waals surface area contributed by atoms with E-state index in [1.54, 1.807) is 6.08 Å². The van der Waals surface area contributed by atoms with Crippen LogP contribution >= 0.6 is 0 Å². The Labute approximate surface area is 188 Å². The predicted octanol–water partition coefficient (Wildman–Crippen LogP) is 3.02. The third kappa shape index (κ3) is 3.67. The maximum absolute atomic E-state index is 13.1. The number of hydrogen-bond donors (Lipinski definition) is 0. The number of ketones is 1. The molecule has 0 N–H and O–H groups in total. The molecule has 1 atom stereocenters. The summed E-state index contributed by atoms with van der Waals surface area (Å²) in [5.74, 6) is 1.80. The van der Waals surface area contributed by atoms with Crippen molar-refractivity contribution in [2.75, 3.05) is 37.2 Å². The second kappa shape index (κ2) is 7.64. The van der Waals surface area contributed by atoms with E-state index in [1.165, 1.54) is 0 Å². The second-order valence-corrected chi connectivity index (χ2v) is 11.1. The molecule has 1 saturated heterocycles. The molecule has 0 aliphatic carbocycles. The first kappa shape index (κ1) is 21.0. The van der Waals surface area contributed by atoms with E-state index in [9.17, 15) is 13.2 Å². The number of carbonyl (C=O) groups excluding carboxylic acids is 1. The highest BCUT2D eigenvalue weighted by atomic mass is 32.2. The van der Waals surface area contributed by atoms with Crippen LogP contribution in [0.3, 0.4) is 0 Å². The minimum atomic E-state index is -2.97. The molecule has 0 bridgehead atoms. The standard InChI is InChI=1S/C24H26N2O5S/c1-15-23-17(12-26(14-30-23)19-8-9-32(28,29)13-19)11-20-22(27)21(31-24(15)20)10-16-4-6-18(7-5-16)25(2)3/h4-7,10-11,19H,8-9,12-14H2,1-3H3/b21-10-. The Bertz CT molecular complexity index is 1230. The Kier molecular flexibility index (Phi) is 5.02. The number of hydrogen-bond acceptors (Lipinski definition) is 7. The molecule has 3 aliphatic heterocycles. The van der Waals surface area contributed by atoms with Gasteiger partial charge in [0.05, 0.1) is 17.1 Å². The summed E-state index contributed by atoms with van der Waals surface area (Å²) in [6.07, 6.45) is 2.38. The molecular weight excluding hydrogens is 428 g/mol. The van der Waals surface area contributed by atoms with Crippen molar-refractivity contribution in [1.82, 2.24) is 4.90 Å². The minimum Gasteiger partial charge on any atom is -0.477 e. The van der Waals surface area contributed by atoms with Crippen LogP contribution in [-0.2, 0) is 16.4 Å². The quantitative estimate of drug-likeness (QED) is 0.660. The third-order valence-corrected chi connectivity index (χ3v) is 8.15. The Hall–Kier alpha value is -2.84. The van der Waals surface area contributed by atoms with Crippen LogP contribution < -0.4 is 14.4 Å². The maximum Gasteiger partial charge on any atom is 0.231 e. The molecule has 0 saturated carbocycles. The van der Waals surface area contributed by atoms with Gasteiger partial charge in [-0.25, -0.2) is 8.42 Å². The zero-order valence-corrected chi connectivity index (χ0v) is 19.2. The normalized spacial score (nSPS) is 22.9. The number of anilines is 1. The van der Waals surface area contributed by atoms with Crippen molar-refractivity contribution in [3.63, 3.8) is 0 Å². The molecule has 5 rings (SSSR count). The Balaban J connectivity index is 1.41. The zero-order chi connectivity index (χ0) is 22.6. The van der Waals surface area contributed by atoms with E-state index in [0.29, 0.717) is 36.8 Å². The number of Topliss-reactive ketones (excluding diaryl/α,β-unsaturated/α-hetero) is 1. The molecule has 0 amide bonds. The van der Waals surface area contributed by atoms with Crippen LogP contribution in [0.5, 0.6) is 11.5 Å². The SMILES string of the molecule is Cc1c2c(cc3c1O/C(=C\c1ccc(N(C)C)cc1)C3=O)CN(C1CCS(=O)(=O)C1)CO2. The van der Waals surface area contributed by atoms with Crippen molar-refractivity contribution in [2.24, 2.45) is 0 Å². The highest BCUT2D eigenvalue weighted by molar-refractivity contribution is 7.91. The van der Waals surface area contributed by atoms with Gasteiger partial charge in [-0.15, -0.1) is 0 Å². The highest BCUT2D eigenvalue weighted by Crippen LogP contribution is 2.43. The van der Waals surface area contributed by atoms with Gasteiger partial charge in [-0.2, -0.15) is 0 Å². The van der Waals surface area contributed by atoms with Crippen LogP contribution in [0.15, 0.2) is 36.1 Å². The van der Waals surface area contributed by atoms with Gasteiger partial charge in [0.15, 0.2) is 15.6 Å². The summed E-state index contributed by atoms with van der Waals surface area (Å²) in [6.45, 7) is 2.79. The Morgan fingerprint density at radius 3 is 2.56 bits per heavy atom. The number of ether oxygens (including phenoxy) is 2. The first-order chi connectivity index (χ1) is 15.2. The van der Waals surface area contributed by atoms with Crippen LogP contribution in [0.2, 0.25) is 0 Å². The first-order valence-corrected chi connectivity index (χ1v) is 12.5. The fraction of sp³-hybridized carbons (Fsp3) is 0.375. The lowest BCUT2D eigenvalue weighted by Gasteiger charge is -2.33. The van der Waals surface area contributed by atoms with Gasteiger partial charge in [0.2, 0.25) is 5.78 Å². The third-order valence-electron chi connectivity index (χ3n) is 6.40. The van der Waals surface area contributed by atoms with Gasteiger partial charge in [0, 0.05) is 43.5 Å². The number of allylic oxidation sites excluding steroid dienone is 1. The topological polar surface area (TPSA) is 76.2 Å². The zero-order valence-electron chi connectivity index (χ0n) is 18.4. The number of carbonyl (C=O) groups is 1. The lowest BCUT2D eigenvalue weighted by Crippen LogP contribution is -2.41. The summed E-state index contributed by atoms with van der Waals surface area (Å²) in [7, 11) is 0.984. The average Bonchev–Trinajstić information content (AvgIpc) is 3.28. The van der Waals surface area contributed by atoms with E-state index in [4.69, 9.17) is 9.47 Å². The molecule has 1 unspecified atom stereocenters. The lowest BCUT2D eigenvalue weighted by molar-refractivity contribution is 0.0637. The fourth-order valence-electron chi connectivity index (χ4n) is 4.58. The Morgan fingerprint density at radius 2 is 1.91 bits per heavy atom. The molecule has 3 heterocycles. The highest BCUT2D eigenvalue weighted by Gasteiger charge is 2.37. The van der Waals surface area contributed by atoms with Crippen molar-refractivity contribution in [1.29, 1.82) is 0 Å². The molecule has 32 heavy (non-hydrogen) atoms. The van der Waals surface area contributed by atoms with E-state index in [1.807, 2.05) is 61.2 Å². The van der Waals surface area contributed by atoms with Gasteiger partial charge in [0.25, 0.3) is 0 Å². The molecule has 7 nitrogen and oxygen atoms in total. The summed E-state index contributed by atoms with van der Waals surface area (Å²) < 4.78 is 35.8. The van der Waals surface area contributed by atoms with E-state index < -0.39 is 9.84 Å². The van der Waals surface area contributed by atoms with Crippen molar-refractivity contribution in [3.8, 4) is 11.5 Å². The molecule has 168 valence electrons. The van der Waals surface area contributed by atoms with Crippen molar-refractivity contribution in [3.05, 3.63) is 58.3 Å². The van der Waals surface area contributed by atoms with E-state index in [-0.39, 0.29) is 23.3 Å². The number of fused-ring (bicyclic) bond motifs is 2. The van der Waals surface area contributed by atoms with Crippen LogP contribution in [-0.4, -0.2) is 57.5 Å². The minimum absolute atomic E-state index is 0.0470. The van der Waals surface area contributed by atoms with Crippen molar-refractivity contribution >= 4 is 27.4 Å². The molecule has 0 spiro atoms. The van der Waals surface area contributed by atoms with Crippen LogP contribution in [0.1, 0.15) is 33.5 Å². The molecule has 0 radical (unpaired) electrons. The largest absolute Gasteiger partial charge is 0.477 e. The first-order valence-electron chi connectivity index (χ1n) is 10.7. The summed E-state index contributed by atoms with van der Waals surface area (Å²) >= 11 is 0. The van der Waals surface area contributed by atoms with E-state index in [2.05, 4.69) is 0 Å². The molecule has 2 aromatic carbocycles. The van der Waals surface area contributed by atoms with E-state index in [0.717, 1.165) is 28.1 Å². The van der Waals surface area contributed by atoms with Crippen molar-refractivity contribution in [2.45, 2.75) is 25.9 Å². The van der Waals surface area contributed by atoms with Gasteiger partial charge in [0.1, 0.15) is 18.2 Å². The van der Waals surface area contributed by atoms with Gasteiger partial charge in [-0.1, -0.05) is 12.1 Å². The van der Waals surface area contributed by atoms with Crippen molar-refractivity contribution < 1.29 is 22.7 Å². The molecule has 0 aromatic heterocycles. The van der Waals surface area contributed by atoms with Gasteiger partial charge in [-0.05, 0) is 43.2 Å². The number of nitrogens with zero attached hydrogens (tertiary/aromatic N) is 2. The molecule has 8 heteroatoms. The number of benzene rings is 2. The van der Waals surface area contributed by atoms with Gasteiger partial charge in [-0.3, -0.25) is 9.69 Å². The second-order valence-electron chi connectivity index (χ2n) is 8.87. The number of rotatable bonds is 3. The monoisotopic (exact) mass is 454 g/mol. The summed E-state index contributed by atoms with van der Waals surface area (Å²) in [6, 6.07) is 9.69. The van der Waals surface area contributed by atoms with Crippen LogP contribution in [0.25, 0.3) is 6.08 Å². The van der Waals surface area contributed by atoms with Gasteiger partial charge >= 0.3 is 0 Å². The molecule has 1 fully saturated rings. The smallest absolute Gasteiger partial charge is 0.231 e. The van der Waals surface area contributed by atoms with Crippen LogP contribution in [0.4, 0.5) is 5.69 Å². The molecule has 2 aromatic rings.